The molecule has 0 aromatic heterocycles. The molecule has 0 unspecified atom stereocenters. The number of hydrogen-bond acceptors (Lipinski definition) is 2. The molecule has 0 aromatic carbocycles. The Kier molecular flexibility index (Phi) is 2.30. The third-order valence-corrected chi connectivity index (χ3v) is 1.33. The first-order valence-electron chi connectivity index (χ1n) is 3.05. The van der Waals surface area contributed by atoms with Crippen LogP contribution in [0.2, 0.25) is 0 Å². The van der Waals surface area contributed by atoms with E-state index >= 15 is 0 Å². The second-order valence-electron chi connectivity index (χ2n) is 1.95. The summed E-state index contributed by atoms with van der Waals surface area (Å²) in [5.41, 5.74) is 0. The first-order chi connectivity index (χ1) is 3.93. The highest BCUT2D eigenvalue weighted by Gasteiger charge is 2.09. The average Bonchev–Trinajstić information content (AvgIpc) is 1.90. The van der Waals surface area contributed by atoms with Crippen LogP contribution in [0, 0.1) is 6.42 Å². The summed E-state index contributed by atoms with van der Waals surface area (Å²) < 4.78 is 5.31. The van der Waals surface area contributed by atoms with Gasteiger partial charge in [-0.1, -0.05) is 6.92 Å². The van der Waals surface area contributed by atoms with Gasteiger partial charge in [-0.25, -0.2) is 0 Å². The maximum absolute atomic E-state index is 5.31. The Hall–Kier alpha value is -0.0800. The van der Waals surface area contributed by atoms with E-state index in [2.05, 4.69) is 11.7 Å². The van der Waals surface area contributed by atoms with Gasteiger partial charge in [0, 0.05) is 13.1 Å². The minimum absolute atomic E-state index is 0.351. The van der Waals surface area contributed by atoms with Crippen molar-refractivity contribution in [2.45, 2.75) is 13.0 Å². The molecule has 1 N–H and O–H groups in total. The topological polar surface area (TPSA) is 21.3 Å². The average molecular weight is 114 g/mol. The third kappa shape index (κ3) is 1.46. The quantitative estimate of drug-likeness (QED) is 0.525. The fourth-order valence-corrected chi connectivity index (χ4v) is 0.800. The standard InChI is InChI=1S/C6H12NO/c1-2-6-5-7-3-4-8-6/h2,6-7H,3-5H2,1H3/t6-/m1/s1. The molecule has 1 rings (SSSR count). The lowest BCUT2D eigenvalue weighted by Crippen LogP contribution is -2.38. The minimum Gasteiger partial charge on any atom is -0.375 e. The number of rotatable bonds is 1. The molecule has 1 saturated heterocycles. The van der Waals surface area contributed by atoms with Gasteiger partial charge in [-0.2, -0.15) is 0 Å². The van der Waals surface area contributed by atoms with Gasteiger partial charge in [-0.3, -0.25) is 0 Å². The minimum atomic E-state index is 0.351. The molecule has 0 spiro atoms. The van der Waals surface area contributed by atoms with Crippen molar-refractivity contribution >= 4 is 0 Å². The predicted octanol–water partition coefficient (Wildman–Crippen LogP) is 0.199. The summed E-state index contributed by atoms with van der Waals surface area (Å²) in [5.74, 6) is 0. The number of hydrogen-bond donors (Lipinski definition) is 1. The molecule has 2 heteroatoms. The molecular formula is C6H12NO. The smallest absolute Gasteiger partial charge is 0.0729 e. The molecule has 2 nitrogen and oxygen atoms in total. The Morgan fingerprint density at radius 1 is 1.75 bits per heavy atom. The Labute approximate surface area is 50.2 Å². The lowest BCUT2D eigenvalue weighted by molar-refractivity contribution is 0.0495. The molecule has 8 heavy (non-hydrogen) atoms. The van der Waals surface area contributed by atoms with Gasteiger partial charge in [0.05, 0.1) is 12.7 Å². The zero-order chi connectivity index (χ0) is 5.82. The van der Waals surface area contributed by atoms with Gasteiger partial charge in [0.2, 0.25) is 0 Å². The Balaban J connectivity index is 2.13. The third-order valence-electron chi connectivity index (χ3n) is 1.33. The van der Waals surface area contributed by atoms with E-state index in [9.17, 15) is 0 Å². The largest absolute Gasteiger partial charge is 0.375 e. The van der Waals surface area contributed by atoms with Gasteiger partial charge in [-0.05, 0) is 6.42 Å². The van der Waals surface area contributed by atoms with Crippen LogP contribution in [0.3, 0.4) is 0 Å². The molecule has 47 valence electrons. The Morgan fingerprint density at radius 2 is 2.62 bits per heavy atom. The molecule has 1 aliphatic rings. The molecular weight excluding hydrogens is 102 g/mol. The number of nitrogens with one attached hydrogen (secondary N) is 1. The Bertz CT molecular complexity index is 59.5. The number of ether oxygens (including phenoxy) is 1. The fourth-order valence-electron chi connectivity index (χ4n) is 0.800. The zero-order valence-corrected chi connectivity index (χ0v) is 5.18. The van der Waals surface area contributed by atoms with Gasteiger partial charge >= 0.3 is 0 Å². The molecule has 0 aliphatic carbocycles. The first kappa shape index (κ1) is 6.05. The normalized spacial score (nSPS) is 30.4. The van der Waals surface area contributed by atoms with Crippen LogP contribution >= 0.6 is 0 Å². The monoisotopic (exact) mass is 114 g/mol. The van der Waals surface area contributed by atoms with Crippen molar-refractivity contribution in [2.24, 2.45) is 0 Å². The van der Waals surface area contributed by atoms with Crippen LogP contribution in [0.25, 0.3) is 0 Å². The van der Waals surface area contributed by atoms with E-state index in [1.165, 1.54) is 0 Å². The van der Waals surface area contributed by atoms with Gasteiger partial charge in [0.15, 0.2) is 0 Å². The van der Waals surface area contributed by atoms with Crippen molar-refractivity contribution in [1.29, 1.82) is 0 Å². The predicted molar refractivity (Wildman–Crippen MR) is 32.6 cm³/mol. The van der Waals surface area contributed by atoms with Crippen LogP contribution in [0.1, 0.15) is 6.92 Å². The van der Waals surface area contributed by atoms with Crippen LogP contribution in [0.15, 0.2) is 0 Å². The van der Waals surface area contributed by atoms with E-state index in [-0.39, 0.29) is 0 Å². The van der Waals surface area contributed by atoms with Crippen molar-refractivity contribution in [2.75, 3.05) is 19.7 Å². The lowest BCUT2D eigenvalue weighted by Gasteiger charge is -2.21. The van der Waals surface area contributed by atoms with E-state index in [1.54, 1.807) is 0 Å². The maximum Gasteiger partial charge on any atom is 0.0729 e. The highest BCUT2D eigenvalue weighted by atomic mass is 16.5. The Morgan fingerprint density at radius 3 is 3.00 bits per heavy atom. The summed E-state index contributed by atoms with van der Waals surface area (Å²) >= 11 is 0. The van der Waals surface area contributed by atoms with Crippen LogP contribution < -0.4 is 5.32 Å². The van der Waals surface area contributed by atoms with Crippen molar-refractivity contribution in [3.05, 3.63) is 6.42 Å². The summed E-state index contributed by atoms with van der Waals surface area (Å²) in [6.45, 7) is 4.87. The molecule has 0 amide bonds. The highest BCUT2D eigenvalue weighted by Crippen LogP contribution is 1.97. The zero-order valence-electron chi connectivity index (χ0n) is 5.18. The van der Waals surface area contributed by atoms with Crippen LogP contribution in [-0.4, -0.2) is 25.8 Å². The van der Waals surface area contributed by atoms with E-state index in [0.717, 1.165) is 19.7 Å². The van der Waals surface area contributed by atoms with Gasteiger partial charge in [0.25, 0.3) is 0 Å². The molecule has 0 saturated carbocycles. The summed E-state index contributed by atoms with van der Waals surface area (Å²) in [6, 6.07) is 0. The van der Waals surface area contributed by atoms with Crippen molar-refractivity contribution in [3.63, 3.8) is 0 Å². The summed E-state index contributed by atoms with van der Waals surface area (Å²) in [4.78, 5) is 0. The van der Waals surface area contributed by atoms with Crippen molar-refractivity contribution < 1.29 is 4.74 Å². The van der Waals surface area contributed by atoms with Crippen LogP contribution in [0.4, 0.5) is 0 Å². The van der Waals surface area contributed by atoms with Crippen molar-refractivity contribution in [3.8, 4) is 0 Å². The SMILES string of the molecule is C[CH][C@@H]1CNCCO1. The van der Waals surface area contributed by atoms with E-state index in [1.807, 2.05) is 6.92 Å². The van der Waals surface area contributed by atoms with E-state index in [4.69, 9.17) is 4.74 Å². The number of morpholine rings is 1. The summed E-state index contributed by atoms with van der Waals surface area (Å²) in [7, 11) is 0. The fraction of sp³-hybridized carbons (Fsp3) is 0.833. The molecule has 1 radical (unpaired) electrons. The molecule has 1 atom stereocenters. The van der Waals surface area contributed by atoms with Gasteiger partial charge < -0.3 is 10.1 Å². The second kappa shape index (κ2) is 3.05. The molecule has 0 aromatic rings. The molecule has 0 bridgehead atoms. The van der Waals surface area contributed by atoms with Crippen LogP contribution in [0.5, 0.6) is 0 Å². The van der Waals surface area contributed by atoms with Gasteiger partial charge in [0.1, 0.15) is 0 Å². The molecule has 1 aliphatic heterocycles. The molecule has 1 fully saturated rings. The van der Waals surface area contributed by atoms with E-state index in [0.29, 0.717) is 6.10 Å². The first-order valence-corrected chi connectivity index (χ1v) is 3.05. The summed E-state index contributed by atoms with van der Waals surface area (Å²) in [6.07, 6.45) is 2.43. The lowest BCUT2D eigenvalue weighted by atomic mass is 10.2. The molecule has 1 heterocycles. The van der Waals surface area contributed by atoms with E-state index < -0.39 is 0 Å². The highest BCUT2D eigenvalue weighted by molar-refractivity contribution is 4.76. The van der Waals surface area contributed by atoms with Crippen molar-refractivity contribution in [1.82, 2.24) is 5.32 Å². The summed E-state index contributed by atoms with van der Waals surface area (Å²) in [5, 5.41) is 3.23. The maximum atomic E-state index is 5.31. The van der Waals surface area contributed by atoms with Crippen LogP contribution in [-0.2, 0) is 4.74 Å². The van der Waals surface area contributed by atoms with Gasteiger partial charge in [-0.15, -0.1) is 0 Å². The second-order valence-corrected chi connectivity index (χ2v) is 1.95.